The molecule has 0 aliphatic carbocycles. The van der Waals surface area contributed by atoms with Crippen LogP contribution in [0.15, 0.2) is 52.1 Å². The summed E-state index contributed by atoms with van der Waals surface area (Å²) in [4.78, 5) is 6.59. The summed E-state index contributed by atoms with van der Waals surface area (Å²) in [5, 5.41) is 6.60. The lowest BCUT2D eigenvalue weighted by molar-refractivity contribution is 0.193. The number of aliphatic imine (C=N–C) groups is 1. The van der Waals surface area contributed by atoms with E-state index in [2.05, 4.69) is 34.4 Å². The van der Waals surface area contributed by atoms with Gasteiger partial charge in [-0.25, -0.2) is 4.39 Å². The zero-order valence-corrected chi connectivity index (χ0v) is 18.6. The summed E-state index contributed by atoms with van der Waals surface area (Å²) in [6.07, 6.45) is 2.30. The van der Waals surface area contributed by atoms with Crippen molar-refractivity contribution >= 4 is 29.9 Å². The topological polar surface area (TPSA) is 52.8 Å². The van der Waals surface area contributed by atoms with Crippen molar-refractivity contribution < 1.29 is 8.81 Å². The first-order valence-electron chi connectivity index (χ1n) is 9.14. The van der Waals surface area contributed by atoms with Crippen LogP contribution in [-0.2, 0) is 6.42 Å². The summed E-state index contributed by atoms with van der Waals surface area (Å²) in [5.41, 5.74) is 0.701. The van der Waals surface area contributed by atoms with Crippen molar-refractivity contribution in [2.75, 3.05) is 33.2 Å². The number of furan rings is 1. The maximum absolute atomic E-state index is 13.7. The molecule has 1 atom stereocenters. The molecule has 7 heteroatoms. The lowest BCUT2D eigenvalue weighted by Gasteiger charge is -2.28. The van der Waals surface area contributed by atoms with Crippen LogP contribution in [0.5, 0.6) is 0 Å². The van der Waals surface area contributed by atoms with Gasteiger partial charge >= 0.3 is 0 Å². The lowest BCUT2D eigenvalue weighted by atomic mass is 10.1. The third-order valence-corrected chi connectivity index (χ3v) is 4.46. The van der Waals surface area contributed by atoms with E-state index in [1.54, 1.807) is 25.4 Å². The van der Waals surface area contributed by atoms with Gasteiger partial charge in [-0.05, 0) is 43.3 Å². The van der Waals surface area contributed by atoms with Crippen molar-refractivity contribution in [3.05, 3.63) is 59.8 Å². The average molecular weight is 488 g/mol. The Hall–Kier alpha value is -1.61. The summed E-state index contributed by atoms with van der Waals surface area (Å²) >= 11 is 0. The number of nitrogens with zero attached hydrogens (tertiary/aromatic N) is 2. The number of guanidine groups is 1. The van der Waals surface area contributed by atoms with Crippen LogP contribution < -0.4 is 10.6 Å². The molecule has 0 aliphatic heterocycles. The fourth-order valence-electron chi connectivity index (χ4n) is 2.99. The van der Waals surface area contributed by atoms with Crippen LogP contribution in [0, 0.1) is 5.82 Å². The van der Waals surface area contributed by atoms with Gasteiger partial charge in [-0.1, -0.05) is 32.0 Å². The van der Waals surface area contributed by atoms with Crippen LogP contribution in [0.4, 0.5) is 4.39 Å². The summed E-state index contributed by atoms with van der Waals surface area (Å²) in [6.45, 7) is 7.43. The van der Waals surface area contributed by atoms with E-state index in [0.29, 0.717) is 31.0 Å². The molecule has 150 valence electrons. The predicted molar refractivity (Wildman–Crippen MR) is 119 cm³/mol. The van der Waals surface area contributed by atoms with Gasteiger partial charge in [-0.2, -0.15) is 0 Å². The molecule has 0 fully saturated rings. The van der Waals surface area contributed by atoms with Gasteiger partial charge in [0.15, 0.2) is 5.96 Å². The minimum absolute atomic E-state index is 0. The molecule has 1 heterocycles. The van der Waals surface area contributed by atoms with E-state index in [-0.39, 0.29) is 35.8 Å². The summed E-state index contributed by atoms with van der Waals surface area (Å²) in [6, 6.07) is 10.9. The molecule has 0 aliphatic rings. The second-order valence-corrected chi connectivity index (χ2v) is 5.97. The van der Waals surface area contributed by atoms with E-state index >= 15 is 0 Å². The number of nitrogens with one attached hydrogen (secondary N) is 2. The molecule has 2 N–H and O–H groups in total. The zero-order chi connectivity index (χ0) is 18.8. The van der Waals surface area contributed by atoms with Crippen molar-refractivity contribution in [1.82, 2.24) is 15.5 Å². The van der Waals surface area contributed by atoms with Gasteiger partial charge in [0.25, 0.3) is 0 Å². The largest absolute Gasteiger partial charge is 0.468 e. The molecular weight excluding hydrogens is 458 g/mol. The van der Waals surface area contributed by atoms with Crippen molar-refractivity contribution in [2.24, 2.45) is 4.99 Å². The van der Waals surface area contributed by atoms with Crippen LogP contribution in [0.1, 0.15) is 31.2 Å². The molecule has 0 radical (unpaired) electrons. The third-order valence-electron chi connectivity index (χ3n) is 4.46. The van der Waals surface area contributed by atoms with Gasteiger partial charge in [-0.3, -0.25) is 9.89 Å². The van der Waals surface area contributed by atoms with Gasteiger partial charge in [-0.15, -0.1) is 24.0 Å². The van der Waals surface area contributed by atoms with Crippen LogP contribution in [0.25, 0.3) is 0 Å². The van der Waals surface area contributed by atoms with Crippen molar-refractivity contribution in [3.63, 3.8) is 0 Å². The number of benzene rings is 1. The van der Waals surface area contributed by atoms with E-state index < -0.39 is 0 Å². The molecule has 1 aromatic heterocycles. The Morgan fingerprint density at radius 1 is 1.15 bits per heavy atom. The van der Waals surface area contributed by atoms with E-state index in [0.717, 1.165) is 18.8 Å². The summed E-state index contributed by atoms with van der Waals surface area (Å²) in [5.74, 6) is 1.46. The molecule has 5 nitrogen and oxygen atoms in total. The van der Waals surface area contributed by atoms with Gasteiger partial charge in [0.2, 0.25) is 0 Å². The van der Waals surface area contributed by atoms with E-state index in [9.17, 15) is 4.39 Å². The molecule has 0 spiro atoms. The van der Waals surface area contributed by atoms with Crippen LogP contribution in [-0.4, -0.2) is 44.1 Å². The van der Waals surface area contributed by atoms with E-state index in [1.807, 2.05) is 18.2 Å². The normalized spacial score (nSPS) is 12.6. The molecule has 27 heavy (non-hydrogen) atoms. The van der Waals surface area contributed by atoms with Crippen molar-refractivity contribution in [1.29, 1.82) is 0 Å². The first-order valence-corrected chi connectivity index (χ1v) is 9.14. The molecule has 0 saturated carbocycles. The van der Waals surface area contributed by atoms with Gasteiger partial charge in [0.1, 0.15) is 11.6 Å². The molecule has 1 aromatic carbocycles. The minimum Gasteiger partial charge on any atom is -0.468 e. The lowest BCUT2D eigenvalue weighted by Crippen LogP contribution is -2.43. The number of hydrogen-bond acceptors (Lipinski definition) is 3. The second-order valence-electron chi connectivity index (χ2n) is 5.97. The average Bonchev–Trinajstić information content (AvgIpc) is 3.19. The molecule has 0 bridgehead atoms. The molecule has 0 saturated heterocycles. The van der Waals surface area contributed by atoms with Gasteiger partial charge < -0.3 is 15.1 Å². The SMILES string of the molecule is CCN(CC)C(CNC(=NC)NCCc1ccccc1F)c1ccco1.I. The molecule has 2 rings (SSSR count). The van der Waals surface area contributed by atoms with Crippen molar-refractivity contribution in [3.8, 4) is 0 Å². The zero-order valence-electron chi connectivity index (χ0n) is 16.2. The maximum Gasteiger partial charge on any atom is 0.191 e. The Morgan fingerprint density at radius 3 is 2.48 bits per heavy atom. The summed E-state index contributed by atoms with van der Waals surface area (Å²) in [7, 11) is 1.73. The van der Waals surface area contributed by atoms with Crippen LogP contribution in [0.2, 0.25) is 0 Å². The third kappa shape index (κ3) is 7.14. The Balaban J connectivity index is 0.00000364. The fourth-order valence-corrected chi connectivity index (χ4v) is 2.99. The Morgan fingerprint density at radius 2 is 1.89 bits per heavy atom. The Bertz CT molecular complexity index is 674. The number of likely N-dealkylation sites (N-methyl/N-ethyl adjacent to an activating group) is 1. The number of halogens is 2. The molecule has 2 aromatic rings. The van der Waals surface area contributed by atoms with Gasteiger partial charge in [0, 0.05) is 20.1 Å². The van der Waals surface area contributed by atoms with E-state index in [4.69, 9.17) is 4.42 Å². The maximum atomic E-state index is 13.7. The van der Waals surface area contributed by atoms with Crippen LogP contribution in [0.3, 0.4) is 0 Å². The first kappa shape index (κ1) is 23.4. The second kappa shape index (κ2) is 12.7. The molecule has 0 amide bonds. The van der Waals surface area contributed by atoms with E-state index in [1.165, 1.54) is 6.07 Å². The fraction of sp³-hybridized carbons (Fsp3) is 0.450. The monoisotopic (exact) mass is 488 g/mol. The number of hydrogen-bond donors (Lipinski definition) is 2. The minimum atomic E-state index is -0.170. The highest BCUT2D eigenvalue weighted by atomic mass is 127. The Labute approximate surface area is 178 Å². The highest BCUT2D eigenvalue weighted by molar-refractivity contribution is 14.0. The van der Waals surface area contributed by atoms with Crippen LogP contribution >= 0.6 is 24.0 Å². The van der Waals surface area contributed by atoms with Gasteiger partial charge in [0.05, 0.1) is 12.3 Å². The smallest absolute Gasteiger partial charge is 0.191 e. The molecule has 1 unspecified atom stereocenters. The first-order chi connectivity index (χ1) is 12.7. The number of rotatable bonds is 9. The summed E-state index contributed by atoms with van der Waals surface area (Å²) < 4.78 is 19.3. The standard InChI is InChI=1S/C20H29FN4O.HI/c1-4-25(5-2)18(19-11-8-14-26-19)15-24-20(22-3)23-13-12-16-9-6-7-10-17(16)21;/h6-11,14,18H,4-5,12-13,15H2,1-3H3,(H2,22,23,24);1H. The molecular formula is C20H30FIN4O. The highest BCUT2D eigenvalue weighted by Crippen LogP contribution is 2.20. The highest BCUT2D eigenvalue weighted by Gasteiger charge is 2.20. The quantitative estimate of drug-likeness (QED) is 0.320. The Kier molecular flexibility index (Phi) is 11.0. The van der Waals surface area contributed by atoms with Crippen molar-refractivity contribution in [2.45, 2.75) is 26.3 Å². The predicted octanol–water partition coefficient (Wildman–Crippen LogP) is 3.83.